The highest BCUT2D eigenvalue weighted by Crippen LogP contribution is 2.14. The fourth-order valence-electron chi connectivity index (χ4n) is 1.77. The molecular formula is C17H16N2O. The molecule has 0 aliphatic heterocycles. The number of benzene rings is 2. The molecule has 3 nitrogen and oxygen atoms in total. The summed E-state index contributed by atoms with van der Waals surface area (Å²) >= 11 is 0. The molecule has 0 spiro atoms. The van der Waals surface area contributed by atoms with Gasteiger partial charge in [0.1, 0.15) is 0 Å². The molecule has 100 valence electrons. The van der Waals surface area contributed by atoms with E-state index in [-0.39, 0.29) is 5.91 Å². The van der Waals surface area contributed by atoms with Crippen molar-refractivity contribution in [3.05, 3.63) is 65.2 Å². The summed E-state index contributed by atoms with van der Waals surface area (Å²) in [6.07, 6.45) is 0. The lowest BCUT2D eigenvalue weighted by molar-refractivity contribution is 0.102. The van der Waals surface area contributed by atoms with Gasteiger partial charge < -0.3 is 11.1 Å². The molecule has 0 aromatic heterocycles. The maximum absolute atomic E-state index is 12.1. The molecule has 0 atom stereocenters. The first-order chi connectivity index (χ1) is 9.70. The van der Waals surface area contributed by atoms with Gasteiger partial charge >= 0.3 is 0 Å². The molecule has 2 rings (SSSR count). The van der Waals surface area contributed by atoms with Crippen molar-refractivity contribution in [2.45, 2.75) is 6.92 Å². The Morgan fingerprint density at radius 2 is 1.85 bits per heavy atom. The second-order valence-electron chi connectivity index (χ2n) is 4.35. The minimum Gasteiger partial charge on any atom is -0.322 e. The van der Waals surface area contributed by atoms with E-state index in [4.69, 9.17) is 5.73 Å². The monoisotopic (exact) mass is 264 g/mol. The minimum atomic E-state index is -0.127. The zero-order valence-electron chi connectivity index (χ0n) is 11.3. The Morgan fingerprint density at radius 3 is 2.50 bits per heavy atom. The van der Waals surface area contributed by atoms with E-state index < -0.39 is 0 Å². The molecule has 3 N–H and O–H groups in total. The molecule has 0 heterocycles. The van der Waals surface area contributed by atoms with Gasteiger partial charge in [-0.3, -0.25) is 4.79 Å². The van der Waals surface area contributed by atoms with Gasteiger partial charge in [0.25, 0.3) is 5.91 Å². The number of hydrogen-bond donors (Lipinski definition) is 2. The van der Waals surface area contributed by atoms with Crippen LogP contribution in [0.15, 0.2) is 48.5 Å². The van der Waals surface area contributed by atoms with Crippen LogP contribution < -0.4 is 11.1 Å². The van der Waals surface area contributed by atoms with Gasteiger partial charge in [0.2, 0.25) is 0 Å². The van der Waals surface area contributed by atoms with E-state index in [9.17, 15) is 4.79 Å². The summed E-state index contributed by atoms with van der Waals surface area (Å²) in [6, 6.07) is 14.8. The molecule has 0 radical (unpaired) electrons. The Bertz CT molecular complexity index is 663. The molecule has 2 aromatic rings. The summed E-state index contributed by atoms with van der Waals surface area (Å²) in [5.74, 6) is 5.57. The second-order valence-corrected chi connectivity index (χ2v) is 4.35. The topological polar surface area (TPSA) is 55.1 Å². The molecule has 0 aliphatic rings. The van der Waals surface area contributed by atoms with Crippen LogP contribution in [0.1, 0.15) is 21.5 Å². The smallest absolute Gasteiger partial charge is 0.255 e. The van der Waals surface area contributed by atoms with Crippen LogP contribution in [-0.2, 0) is 0 Å². The molecule has 0 unspecified atom stereocenters. The molecule has 1 amide bonds. The highest BCUT2D eigenvalue weighted by molar-refractivity contribution is 6.04. The lowest BCUT2D eigenvalue weighted by Gasteiger charge is -2.08. The summed E-state index contributed by atoms with van der Waals surface area (Å²) in [5.41, 5.74) is 8.63. The van der Waals surface area contributed by atoms with Crippen molar-refractivity contribution in [3.8, 4) is 11.8 Å². The Kier molecular flexibility index (Phi) is 4.54. The number of carbonyl (C=O) groups excluding carboxylic acids is 1. The van der Waals surface area contributed by atoms with E-state index in [2.05, 4.69) is 17.2 Å². The first kappa shape index (κ1) is 13.9. The summed E-state index contributed by atoms with van der Waals surface area (Å²) in [4.78, 5) is 12.1. The lowest BCUT2D eigenvalue weighted by atomic mass is 10.1. The molecule has 0 saturated carbocycles. The van der Waals surface area contributed by atoms with Crippen LogP contribution >= 0.6 is 0 Å². The van der Waals surface area contributed by atoms with Crippen LogP contribution in [0.4, 0.5) is 5.69 Å². The van der Waals surface area contributed by atoms with E-state index in [1.807, 2.05) is 43.3 Å². The first-order valence-electron chi connectivity index (χ1n) is 6.36. The van der Waals surface area contributed by atoms with Crippen LogP contribution in [0.2, 0.25) is 0 Å². The average Bonchev–Trinajstić information content (AvgIpc) is 2.48. The maximum Gasteiger partial charge on any atom is 0.255 e. The average molecular weight is 264 g/mol. The van der Waals surface area contributed by atoms with Gasteiger partial charge in [-0.25, -0.2) is 0 Å². The third kappa shape index (κ3) is 3.47. The number of nitrogens with two attached hydrogens (primary N) is 1. The molecule has 0 fully saturated rings. The second kappa shape index (κ2) is 6.55. The predicted octanol–water partition coefficient (Wildman–Crippen LogP) is 2.56. The Labute approximate surface area is 118 Å². The quantitative estimate of drug-likeness (QED) is 0.819. The number of hydrogen-bond acceptors (Lipinski definition) is 2. The van der Waals surface area contributed by atoms with Crippen molar-refractivity contribution in [1.82, 2.24) is 0 Å². The highest BCUT2D eigenvalue weighted by Gasteiger charge is 2.06. The molecular weight excluding hydrogens is 248 g/mol. The van der Waals surface area contributed by atoms with Crippen molar-refractivity contribution >= 4 is 11.6 Å². The molecule has 0 saturated heterocycles. The van der Waals surface area contributed by atoms with Gasteiger partial charge in [-0.1, -0.05) is 30.0 Å². The number of rotatable bonds is 2. The zero-order valence-corrected chi connectivity index (χ0v) is 11.3. The molecule has 20 heavy (non-hydrogen) atoms. The normalized spacial score (nSPS) is 9.50. The Morgan fingerprint density at radius 1 is 1.15 bits per heavy atom. The standard InChI is InChI=1S/C17H16N2O/c1-13-5-2-3-7-16(13)19-17(20)15-10-8-14(9-11-15)6-4-12-18/h2-3,5,7-11H,12,18H2,1H3,(H,19,20). The zero-order chi connectivity index (χ0) is 14.4. The largest absolute Gasteiger partial charge is 0.322 e. The number of anilines is 1. The van der Waals surface area contributed by atoms with E-state index in [0.717, 1.165) is 16.8 Å². The van der Waals surface area contributed by atoms with Gasteiger partial charge in [-0.15, -0.1) is 0 Å². The predicted molar refractivity (Wildman–Crippen MR) is 81.5 cm³/mol. The minimum absolute atomic E-state index is 0.127. The van der Waals surface area contributed by atoms with Gasteiger partial charge in [-0.05, 0) is 42.8 Å². The molecule has 3 heteroatoms. The number of carbonyl (C=O) groups is 1. The maximum atomic E-state index is 12.1. The van der Waals surface area contributed by atoms with Gasteiger partial charge in [-0.2, -0.15) is 0 Å². The fourth-order valence-corrected chi connectivity index (χ4v) is 1.77. The Balaban J connectivity index is 2.12. The summed E-state index contributed by atoms with van der Waals surface area (Å²) in [5, 5.41) is 2.89. The highest BCUT2D eigenvalue weighted by atomic mass is 16.1. The van der Waals surface area contributed by atoms with Gasteiger partial charge in [0, 0.05) is 16.8 Å². The van der Waals surface area contributed by atoms with E-state index in [1.165, 1.54) is 0 Å². The van der Waals surface area contributed by atoms with Gasteiger partial charge in [0.15, 0.2) is 0 Å². The third-order valence-electron chi connectivity index (χ3n) is 2.88. The number of amides is 1. The SMILES string of the molecule is Cc1ccccc1NC(=O)c1ccc(C#CCN)cc1. The van der Waals surface area contributed by atoms with E-state index in [1.54, 1.807) is 12.1 Å². The van der Waals surface area contributed by atoms with Crippen LogP contribution in [0, 0.1) is 18.8 Å². The number of aryl methyl sites for hydroxylation is 1. The summed E-state index contributed by atoms with van der Waals surface area (Å²) in [6.45, 7) is 2.29. The van der Waals surface area contributed by atoms with Gasteiger partial charge in [0.05, 0.1) is 6.54 Å². The third-order valence-corrected chi connectivity index (χ3v) is 2.88. The van der Waals surface area contributed by atoms with Crippen molar-refractivity contribution in [2.24, 2.45) is 5.73 Å². The van der Waals surface area contributed by atoms with E-state index in [0.29, 0.717) is 12.1 Å². The van der Waals surface area contributed by atoms with Crippen molar-refractivity contribution in [2.75, 3.05) is 11.9 Å². The van der Waals surface area contributed by atoms with E-state index >= 15 is 0 Å². The first-order valence-corrected chi connectivity index (χ1v) is 6.36. The number of para-hydroxylation sites is 1. The molecule has 0 bridgehead atoms. The molecule has 0 aliphatic carbocycles. The molecule has 2 aromatic carbocycles. The Hall–Kier alpha value is -2.57. The summed E-state index contributed by atoms with van der Waals surface area (Å²) in [7, 11) is 0. The number of nitrogens with one attached hydrogen (secondary N) is 1. The lowest BCUT2D eigenvalue weighted by Crippen LogP contribution is -2.12. The van der Waals surface area contributed by atoms with Crippen LogP contribution in [-0.4, -0.2) is 12.5 Å². The fraction of sp³-hybridized carbons (Fsp3) is 0.118. The van der Waals surface area contributed by atoms with Crippen LogP contribution in [0.25, 0.3) is 0 Å². The van der Waals surface area contributed by atoms with Crippen molar-refractivity contribution in [3.63, 3.8) is 0 Å². The van der Waals surface area contributed by atoms with Crippen LogP contribution in [0.3, 0.4) is 0 Å². The van der Waals surface area contributed by atoms with Crippen molar-refractivity contribution in [1.29, 1.82) is 0 Å². The van der Waals surface area contributed by atoms with Crippen LogP contribution in [0.5, 0.6) is 0 Å². The summed E-state index contributed by atoms with van der Waals surface area (Å²) < 4.78 is 0. The van der Waals surface area contributed by atoms with Crippen molar-refractivity contribution < 1.29 is 4.79 Å².